The molecule has 2 amide bonds. The van der Waals surface area contributed by atoms with Crippen molar-refractivity contribution in [3.05, 3.63) is 29.8 Å². The highest BCUT2D eigenvalue weighted by Crippen LogP contribution is 2.11. The Morgan fingerprint density at radius 1 is 1.28 bits per heavy atom. The molecule has 0 heterocycles. The van der Waals surface area contributed by atoms with Crippen LogP contribution in [0.2, 0.25) is 0 Å². The topological polar surface area (TPSA) is 93.4 Å². The van der Waals surface area contributed by atoms with Gasteiger partial charge >= 0.3 is 0 Å². The second kappa shape index (κ2) is 6.61. The Balaban J connectivity index is 2.49. The minimum Gasteiger partial charge on any atom is -0.484 e. The zero-order valence-electron chi connectivity index (χ0n) is 10.4. The maximum atomic E-state index is 11.3. The molecule has 0 saturated carbocycles. The van der Waals surface area contributed by atoms with Crippen LogP contribution in [0, 0.1) is 0 Å². The maximum absolute atomic E-state index is 11.3. The average molecular weight is 251 g/mol. The van der Waals surface area contributed by atoms with Crippen molar-refractivity contribution >= 4 is 11.8 Å². The lowest BCUT2D eigenvalue weighted by Crippen LogP contribution is -2.34. The van der Waals surface area contributed by atoms with Crippen molar-refractivity contribution in [2.75, 3.05) is 6.61 Å². The Kier molecular flexibility index (Phi) is 5.13. The van der Waals surface area contributed by atoms with Crippen molar-refractivity contribution in [2.45, 2.75) is 19.9 Å². The molecule has 0 saturated heterocycles. The van der Waals surface area contributed by atoms with E-state index in [2.05, 4.69) is 5.32 Å². The van der Waals surface area contributed by atoms with Gasteiger partial charge in [0.2, 0.25) is 0 Å². The Labute approximate surface area is 105 Å². The Hall–Kier alpha value is -2.08. The van der Waals surface area contributed by atoms with Crippen molar-refractivity contribution in [1.29, 1.82) is 0 Å². The lowest BCUT2D eigenvalue weighted by Gasteiger charge is -2.09. The van der Waals surface area contributed by atoms with Crippen LogP contribution in [0.25, 0.3) is 0 Å². The van der Waals surface area contributed by atoms with E-state index in [0.29, 0.717) is 11.3 Å². The molecule has 0 atom stereocenters. The van der Waals surface area contributed by atoms with Gasteiger partial charge in [0, 0.05) is 11.6 Å². The number of nitrogens with one attached hydrogen (secondary N) is 2. The van der Waals surface area contributed by atoms with Crippen molar-refractivity contribution in [3.8, 4) is 5.75 Å². The number of hydrogen-bond acceptors (Lipinski definition) is 4. The molecule has 0 aliphatic heterocycles. The van der Waals surface area contributed by atoms with Gasteiger partial charge in [0.25, 0.3) is 11.8 Å². The number of hydrogen-bond donors (Lipinski definition) is 3. The van der Waals surface area contributed by atoms with Gasteiger partial charge in [-0.25, -0.2) is 5.84 Å². The van der Waals surface area contributed by atoms with Gasteiger partial charge in [-0.1, -0.05) is 0 Å². The summed E-state index contributed by atoms with van der Waals surface area (Å²) in [6, 6.07) is 6.42. The van der Waals surface area contributed by atoms with Crippen LogP contribution in [0.1, 0.15) is 24.2 Å². The van der Waals surface area contributed by atoms with E-state index in [0.717, 1.165) is 0 Å². The van der Waals surface area contributed by atoms with E-state index in [-0.39, 0.29) is 24.5 Å². The molecule has 6 heteroatoms. The number of benzene rings is 1. The molecule has 0 spiro atoms. The van der Waals surface area contributed by atoms with Crippen molar-refractivity contribution in [2.24, 2.45) is 5.84 Å². The minimum atomic E-state index is -0.376. The fourth-order valence-electron chi connectivity index (χ4n) is 1.30. The van der Waals surface area contributed by atoms with E-state index >= 15 is 0 Å². The lowest BCUT2D eigenvalue weighted by molar-refractivity contribution is -0.123. The van der Waals surface area contributed by atoms with Crippen molar-refractivity contribution < 1.29 is 14.3 Å². The molecule has 4 N–H and O–H groups in total. The number of amides is 2. The number of nitrogens with two attached hydrogens (primary N) is 1. The molecule has 1 aromatic rings. The first-order chi connectivity index (χ1) is 8.52. The number of nitrogen functional groups attached to an aromatic ring is 1. The smallest absolute Gasteiger partial charge is 0.265 e. The van der Waals surface area contributed by atoms with Gasteiger partial charge in [0.15, 0.2) is 6.61 Å². The standard InChI is InChI=1S/C12H17N3O3/c1-8(2)14-11(16)7-18-10-5-3-9(4-6-10)12(17)15-13/h3-6,8H,7,13H2,1-2H3,(H,14,16)(H,15,17). The van der Waals surface area contributed by atoms with Crippen LogP contribution in [0.4, 0.5) is 0 Å². The highest BCUT2D eigenvalue weighted by Gasteiger charge is 2.06. The van der Waals surface area contributed by atoms with E-state index in [9.17, 15) is 9.59 Å². The van der Waals surface area contributed by atoms with Crippen LogP contribution in [0.5, 0.6) is 5.75 Å². The third kappa shape index (κ3) is 4.42. The second-order valence-corrected chi connectivity index (χ2v) is 4.01. The molecule has 0 aliphatic rings. The summed E-state index contributed by atoms with van der Waals surface area (Å²) >= 11 is 0. The first-order valence-corrected chi connectivity index (χ1v) is 5.56. The van der Waals surface area contributed by atoms with Crippen LogP contribution in [0.3, 0.4) is 0 Å². The first kappa shape index (κ1) is 14.0. The minimum absolute atomic E-state index is 0.0549. The lowest BCUT2D eigenvalue weighted by atomic mass is 10.2. The fourth-order valence-corrected chi connectivity index (χ4v) is 1.30. The monoisotopic (exact) mass is 251 g/mol. The summed E-state index contributed by atoms with van der Waals surface area (Å²) in [5.74, 6) is 4.96. The Morgan fingerprint density at radius 3 is 2.39 bits per heavy atom. The zero-order chi connectivity index (χ0) is 13.5. The third-order valence-electron chi connectivity index (χ3n) is 2.07. The molecule has 0 aromatic heterocycles. The molecule has 1 rings (SSSR count). The van der Waals surface area contributed by atoms with Crippen LogP contribution in [-0.4, -0.2) is 24.5 Å². The van der Waals surface area contributed by atoms with Gasteiger partial charge in [0.1, 0.15) is 5.75 Å². The van der Waals surface area contributed by atoms with Gasteiger partial charge in [-0.3, -0.25) is 15.0 Å². The highest BCUT2D eigenvalue weighted by molar-refractivity contribution is 5.93. The molecule has 6 nitrogen and oxygen atoms in total. The van der Waals surface area contributed by atoms with E-state index in [1.54, 1.807) is 24.3 Å². The predicted octanol–water partition coefficient (Wildman–Crippen LogP) is 0.194. The normalized spacial score (nSPS) is 10.0. The van der Waals surface area contributed by atoms with Crippen LogP contribution >= 0.6 is 0 Å². The third-order valence-corrected chi connectivity index (χ3v) is 2.07. The molecule has 18 heavy (non-hydrogen) atoms. The Bertz CT molecular complexity index is 415. The molecule has 0 fully saturated rings. The van der Waals surface area contributed by atoms with Crippen LogP contribution in [-0.2, 0) is 4.79 Å². The molecule has 0 radical (unpaired) electrons. The zero-order valence-corrected chi connectivity index (χ0v) is 10.4. The molecular formula is C12H17N3O3. The van der Waals surface area contributed by atoms with Gasteiger partial charge in [0.05, 0.1) is 0 Å². The highest BCUT2D eigenvalue weighted by atomic mass is 16.5. The summed E-state index contributed by atoms with van der Waals surface area (Å²) in [7, 11) is 0. The van der Waals surface area contributed by atoms with Crippen molar-refractivity contribution in [3.63, 3.8) is 0 Å². The van der Waals surface area contributed by atoms with Crippen LogP contribution in [0.15, 0.2) is 24.3 Å². The second-order valence-electron chi connectivity index (χ2n) is 4.01. The van der Waals surface area contributed by atoms with Gasteiger partial charge in [-0.05, 0) is 38.1 Å². The quantitative estimate of drug-likeness (QED) is 0.396. The Morgan fingerprint density at radius 2 is 1.89 bits per heavy atom. The molecule has 1 aromatic carbocycles. The van der Waals surface area contributed by atoms with Crippen molar-refractivity contribution in [1.82, 2.24) is 10.7 Å². The summed E-state index contributed by atoms with van der Waals surface area (Å²) in [4.78, 5) is 22.5. The van der Waals surface area contributed by atoms with Crippen LogP contribution < -0.4 is 21.3 Å². The van der Waals surface area contributed by atoms with E-state index in [1.807, 2.05) is 19.3 Å². The first-order valence-electron chi connectivity index (χ1n) is 5.56. The summed E-state index contributed by atoms with van der Waals surface area (Å²) in [6.07, 6.45) is 0. The van der Waals surface area contributed by atoms with Gasteiger partial charge < -0.3 is 10.1 Å². The summed E-state index contributed by atoms with van der Waals surface area (Å²) in [6.45, 7) is 3.69. The molecule has 0 aliphatic carbocycles. The number of hydrazine groups is 1. The number of rotatable bonds is 5. The SMILES string of the molecule is CC(C)NC(=O)COc1ccc(C(=O)NN)cc1. The average Bonchev–Trinajstić information content (AvgIpc) is 2.35. The van der Waals surface area contributed by atoms with E-state index in [4.69, 9.17) is 10.6 Å². The number of carbonyl (C=O) groups is 2. The van der Waals surface area contributed by atoms with Gasteiger partial charge in [-0.15, -0.1) is 0 Å². The van der Waals surface area contributed by atoms with E-state index in [1.165, 1.54) is 0 Å². The molecular weight excluding hydrogens is 234 g/mol. The fraction of sp³-hybridized carbons (Fsp3) is 0.333. The van der Waals surface area contributed by atoms with Gasteiger partial charge in [-0.2, -0.15) is 0 Å². The number of carbonyl (C=O) groups excluding carboxylic acids is 2. The summed E-state index contributed by atoms with van der Waals surface area (Å²) in [5, 5.41) is 2.71. The predicted molar refractivity (Wildman–Crippen MR) is 66.9 cm³/mol. The molecule has 0 bridgehead atoms. The largest absolute Gasteiger partial charge is 0.484 e. The summed E-state index contributed by atoms with van der Waals surface area (Å²) < 4.78 is 5.26. The molecule has 0 unspecified atom stereocenters. The molecule has 98 valence electrons. The summed E-state index contributed by atoms with van der Waals surface area (Å²) in [5.41, 5.74) is 2.46. The maximum Gasteiger partial charge on any atom is 0.265 e. The number of ether oxygens (including phenoxy) is 1. The van der Waals surface area contributed by atoms with E-state index < -0.39 is 0 Å².